The summed E-state index contributed by atoms with van der Waals surface area (Å²) in [4.78, 5) is 36.8. The van der Waals surface area contributed by atoms with E-state index in [2.05, 4.69) is 10.3 Å². The van der Waals surface area contributed by atoms with Crippen molar-refractivity contribution in [2.24, 2.45) is 10.7 Å². The number of nitrogens with two attached hydrogens (primary N) is 2. The van der Waals surface area contributed by atoms with Gasteiger partial charge in [-0.25, -0.2) is 10.1 Å². The fraction of sp³-hybridized carbons (Fsp3) is 0.233. The smallest absolute Gasteiger partial charge is 0.273 e. The van der Waals surface area contributed by atoms with Gasteiger partial charge in [-0.2, -0.15) is 0 Å². The number of benzene rings is 3. The molecule has 1 aliphatic heterocycles. The summed E-state index contributed by atoms with van der Waals surface area (Å²) in [5.41, 5.74) is 16.7. The molecule has 1 aliphatic rings. The molecule has 2 amide bonds. The van der Waals surface area contributed by atoms with Gasteiger partial charge in [0, 0.05) is 35.4 Å². The summed E-state index contributed by atoms with van der Waals surface area (Å²) in [6.07, 6.45) is 2.66. The quantitative estimate of drug-likeness (QED) is 0.278. The van der Waals surface area contributed by atoms with Crippen LogP contribution in [0, 0.1) is 0 Å². The van der Waals surface area contributed by atoms with Gasteiger partial charge in [0.05, 0.1) is 11.7 Å². The van der Waals surface area contributed by atoms with Gasteiger partial charge in [0.2, 0.25) is 0 Å². The van der Waals surface area contributed by atoms with Crippen LogP contribution in [-0.2, 0) is 16.2 Å². The Morgan fingerprint density at radius 2 is 1.79 bits per heavy atom. The van der Waals surface area contributed by atoms with Gasteiger partial charge in [-0.15, -0.1) is 0 Å². The lowest BCUT2D eigenvalue weighted by Crippen LogP contribution is -2.34. The highest BCUT2D eigenvalue weighted by Crippen LogP contribution is 2.29. The van der Waals surface area contributed by atoms with Crippen LogP contribution in [0.5, 0.6) is 0 Å². The molecule has 0 fully saturated rings. The number of rotatable bonds is 9. The number of nitrogens with one attached hydrogen (secondary N) is 1. The molecule has 0 saturated carbocycles. The van der Waals surface area contributed by atoms with E-state index >= 15 is 0 Å². The predicted octanol–water partition coefficient (Wildman–Crippen LogP) is 4.91. The molecule has 0 aliphatic carbocycles. The number of amidine groups is 1. The fourth-order valence-electron chi connectivity index (χ4n) is 4.13. The third kappa shape index (κ3) is 6.66. The Labute approximate surface area is 223 Å². The van der Waals surface area contributed by atoms with E-state index in [1.54, 1.807) is 36.4 Å². The normalized spacial score (nSPS) is 13.4. The van der Waals surface area contributed by atoms with E-state index < -0.39 is 0 Å². The van der Waals surface area contributed by atoms with Gasteiger partial charge in [0.25, 0.3) is 11.8 Å². The van der Waals surface area contributed by atoms with Crippen LogP contribution in [0.1, 0.15) is 59.8 Å². The molecular weight excluding hydrogens is 478 g/mol. The van der Waals surface area contributed by atoms with Gasteiger partial charge in [-0.05, 0) is 54.8 Å². The summed E-state index contributed by atoms with van der Waals surface area (Å²) >= 11 is 0. The van der Waals surface area contributed by atoms with Crippen LogP contribution in [0.15, 0.2) is 83.4 Å². The van der Waals surface area contributed by atoms with Crippen LogP contribution in [0.4, 0.5) is 11.4 Å². The molecule has 8 nitrogen and oxygen atoms in total. The van der Waals surface area contributed by atoms with Gasteiger partial charge < -0.3 is 16.8 Å². The average molecular weight is 512 g/mol. The molecule has 8 heteroatoms. The first-order valence-corrected chi connectivity index (χ1v) is 12.7. The van der Waals surface area contributed by atoms with Crippen molar-refractivity contribution < 1.29 is 14.4 Å². The maximum Gasteiger partial charge on any atom is 0.273 e. The standard InChI is InChI=1S/C30H33N5O3/c1-3-15-35(38-19-21-9-13-26(31)14-10-21)30(37)25-16-23-11-12-24(17-27(23)34-28(32)18-25)29(36)33-20(2)22-7-5-4-6-8-22/h4-14,16-17,20H,3,15,18-19,31H2,1-2H3,(H2,32,34)(H,33,36)/t20-/m0/s1. The minimum atomic E-state index is -0.271. The van der Waals surface area contributed by atoms with Gasteiger partial charge >= 0.3 is 0 Å². The average Bonchev–Trinajstić information content (AvgIpc) is 3.09. The summed E-state index contributed by atoms with van der Waals surface area (Å²) in [5.74, 6) is -0.201. The summed E-state index contributed by atoms with van der Waals surface area (Å²) < 4.78 is 0. The molecule has 0 radical (unpaired) electrons. The highest BCUT2D eigenvalue weighted by molar-refractivity contribution is 6.05. The lowest BCUT2D eigenvalue weighted by atomic mass is 10.0. The Bertz CT molecular complexity index is 1350. The van der Waals surface area contributed by atoms with E-state index in [0.717, 1.165) is 17.5 Å². The van der Waals surface area contributed by atoms with Gasteiger partial charge in [-0.1, -0.05) is 55.5 Å². The van der Waals surface area contributed by atoms with Crippen molar-refractivity contribution in [3.63, 3.8) is 0 Å². The first-order chi connectivity index (χ1) is 18.3. The number of nitrogens with zero attached hydrogens (tertiary/aromatic N) is 2. The largest absolute Gasteiger partial charge is 0.399 e. The zero-order valence-electron chi connectivity index (χ0n) is 21.7. The lowest BCUT2D eigenvalue weighted by molar-refractivity contribution is -0.187. The Kier molecular flexibility index (Phi) is 8.55. The van der Waals surface area contributed by atoms with Crippen LogP contribution in [0.2, 0.25) is 0 Å². The molecular formula is C30H33N5O3. The first kappa shape index (κ1) is 26.6. The van der Waals surface area contributed by atoms with Crippen LogP contribution in [0.25, 0.3) is 6.08 Å². The molecule has 196 valence electrons. The molecule has 0 unspecified atom stereocenters. The van der Waals surface area contributed by atoms with Crippen molar-refractivity contribution in [2.75, 3.05) is 12.3 Å². The molecule has 1 atom stereocenters. The monoisotopic (exact) mass is 511 g/mol. The number of fused-ring (bicyclic) bond motifs is 1. The van der Waals surface area contributed by atoms with Crippen molar-refractivity contribution in [3.05, 3.63) is 101 Å². The predicted molar refractivity (Wildman–Crippen MR) is 150 cm³/mol. The maximum absolute atomic E-state index is 13.4. The second-order valence-electron chi connectivity index (χ2n) is 9.25. The van der Waals surface area contributed by atoms with Crippen molar-refractivity contribution in [2.45, 2.75) is 39.3 Å². The van der Waals surface area contributed by atoms with E-state index in [9.17, 15) is 9.59 Å². The fourth-order valence-corrected chi connectivity index (χ4v) is 4.13. The van der Waals surface area contributed by atoms with E-state index in [1.807, 2.05) is 56.3 Å². The molecule has 0 saturated heterocycles. The SMILES string of the molecule is CCCN(OCc1ccc(N)cc1)C(=O)C1=Cc2ccc(C(=O)N[C@@H](C)c3ccccc3)cc2N=C(N)C1. The highest BCUT2D eigenvalue weighted by Gasteiger charge is 2.23. The highest BCUT2D eigenvalue weighted by atomic mass is 16.7. The van der Waals surface area contributed by atoms with Crippen molar-refractivity contribution >= 4 is 35.1 Å². The van der Waals surface area contributed by atoms with Crippen LogP contribution in [0.3, 0.4) is 0 Å². The van der Waals surface area contributed by atoms with Gasteiger partial charge in [0.15, 0.2) is 0 Å². The number of hydrogen-bond acceptors (Lipinski definition) is 6. The zero-order chi connectivity index (χ0) is 27.1. The number of amides is 2. The summed E-state index contributed by atoms with van der Waals surface area (Å²) in [5, 5.41) is 4.38. The van der Waals surface area contributed by atoms with Crippen molar-refractivity contribution in [1.29, 1.82) is 0 Å². The molecule has 3 aromatic carbocycles. The molecule has 3 aromatic rings. The van der Waals surface area contributed by atoms with Crippen LogP contribution in [-0.4, -0.2) is 29.3 Å². The van der Waals surface area contributed by atoms with Crippen molar-refractivity contribution in [3.8, 4) is 0 Å². The second kappa shape index (κ2) is 12.2. The molecule has 1 heterocycles. The summed E-state index contributed by atoms with van der Waals surface area (Å²) in [6.45, 7) is 4.57. The number of carbonyl (C=O) groups excluding carboxylic acids is 2. The third-order valence-corrected chi connectivity index (χ3v) is 6.20. The van der Waals surface area contributed by atoms with Crippen LogP contribution >= 0.6 is 0 Å². The van der Waals surface area contributed by atoms with E-state index in [4.69, 9.17) is 16.3 Å². The van der Waals surface area contributed by atoms with Gasteiger partial charge in [-0.3, -0.25) is 14.4 Å². The summed E-state index contributed by atoms with van der Waals surface area (Å²) in [7, 11) is 0. The van der Waals surface area contributed by atoms with Gasteiger partial charge in [0.1, 0.15) is 12.4 Å². The number of anilines is 1. The Morgan fingerprint density at radius 3 is 2.50 bits per heavy atom. The minimum Gasteiger partial charge on any atom is -0.399 e. The number of aliphatic imine (C=N–C) groups is 1. The Morgan fingerprint density at radius 1 is 1.05 bits per heavy atom. The topological polar surface area (TPSA) is 123 Å². The number of hydroxylamine groups is 2. The minimum absolute atomic E-state index is 0.155. The molecule has 0 spiro atoms. The molecule has 0 aromatic heterocycles. The third-order valence-electron chi connectivity index (χ3n) is 6.20. The van der Waals surface area contributed by atoms with E-state index in [-0.39, 0.29) is 36.7 Å². The Balaban J connectivity index is 1.51. The molecule has 4 rings (SSSR count). The zero-order valence-corrected chi connectivity index (χ0v) is 21.7. The number of carbonyl (C=O) groups is 2. The summed E-state index contributed by atoms with van der Waals surface area (Å²) in [6, 6.07) is 22.1. The second-order valence-corrected chi connectivity index (χ2v) is 9.25. The van der Waals surface area contributed by atoms with E-state index in [1.165, 1.54) is 5.06 Å². The van der Waals surface area contributed by atoms with Crippen LogP contribution < -0.4 is 16.8 Å². The first-order valence-electron chi connectivity index (χ1n) is 12.7. The van der Waals surface area contributed by atoms with Crippen molar-refractivity contribution in [1.82, 2.24) is 10.4 Å². The molecule has 38 heavy (non-hydrogen) atoms. The maximum atomic E-state index is 13.4. The molecule has 0 bridgehead atoms. The Hall–Kier alpha value is -4.43. The molecule has 5 N–H and O–H groups in total. The van der Waals surface area contributed by atoms with E-state index in [0.29, 0.717) is 34.6 Å². The lowest BCUT2D eigenvalue weighted by Gasteiger charge is -2.22. The number of nitrogen functional groups attached to an aromatic ring is 1. The number of hydrogen-bond donors (Lipinski definition) is 3.